The van der Waals surface area contributed by atoms with Crippen LogP contribution in [0.1, 0.15) is 45.1 Å². The van der Waals surface area contributed by atoms with Gasteiger partial charge < -0.3 is 15.2 Å². The molecule has 0 bridgehead atoms. The van der Waals surface area contributed by atoms with Crippen molar-refractivity contribution >= 4 is 22.8 Å². The Bertz CT molecular complexity index is 803. The molecule has 2 aromatic rings. The van der Waals surface area contributed by atoms with Crippen LogP contribution in [0.4, 0.5) is 0 Å². The molecule has 1 aromatic heterocycles. The summed E-state index contributed by atoms with van der Waals surface area (Å²) in [7, 11) is 0. The van der Waals surface area contributed by atoms with Crippen LogP contribution >= 0.6 is 0 Å². The summed E-state index contributed by atoms with van der Waals surface area (Å²) in [6.07, 6.45) is 2.21. The number of carboxylic acid groups (broad SMARTS) is 1. The van der Waals surface area contributed by atoms with Crippen molar-refractivity contribution < 1.29 is 14.7 Å². The minimum absolute atomic E-state index is 0.129. The van der Waals surface area contributed by atoms with E-state index in [0.29, 0.717) is 17.3 Å². The first-order valence-electron chi connectivity index (χ1n) is 8.36. The second kappa shape index (κ2) is 8.91. The Morgan fingerprint density at radius 1 is 1.28 bits per heavy atom. The number of nitrogens with zero attached hydrogens (tertiary/aromatic N) is 3. The molecule has 0 unspecified atom stereocenters. The summed E-state index contributed by atoms with van der Waals surface area (Å²) in [5.41, 5.74) is 0.115. The molecule has 134 valence electrons. The van der Waals surface area contributed by atoms with Crippen molar-refractivity contribution in [3.05, 3.63) is 34.6 Å². The Labute approximate surface area is 144 Å². The zero-order chi connectivity index (χ0) is 18.2. The van der Waals surface area contributed by atoms with Gasteiger partial charge in [0.1, 0.15) is 11.6 Å². The van der Waals surface area contributed by atoms with Gasteiger partial charge in [-0.1, -0.05) is 37.1 Å². The monoisotopic (exact) mass is 345 g/mol. The zero-order valence-electron chi connectivity index (χ0n) is 14.1. The number of carbonyl (C=O) groups excluding carboxylic acids is 2. The molecule has 1 aromatic carbocycles. The van der Waals surface area contributed by atoms with Crippen molar-refractivity contribution in [2.24, 2.45) is 0 Å². The number of benzene rings is 1. The molecular formula is C17H21N4O4-. The minimum Gasteiger partial charge on any atom is -0.550 e. The largest absolute Gasteiger partial charge is 0.550 e. The number of amides is 1. The Morgan fingerprint density at radius 2 is 2.04 bits per heavy atom. The second-order valence-corrected chi connectivity index (χ2v) is 5.78. The maximum Gasteiger partial charge on any atom is 0.278 e. The number of aromatic nitrogens is 3. The van der Waals surface area contributed by atoms with E-state index in [2.05, 4.69) is 15.6 Å². The lowest BCUT2D eigenvalue weighted by atomic mass is 10.1. The maximum atomic E-state index is 12.7. The normalized spacial score (nSPS) is 12.0. The average Bonchev–Trinajstić information content (AvgIpc) is 2.60. The molecule has 0 fully saturated rings. The quantitative estimate of drug-likeness (QED) is 0.647. The Hall–Kier alpha value is -2.77. The Balaban J connectivity index is 2.21. The fraction of sp³-hybridized carbons (Fsp3) is 0.471. The van der Waals surface area contributed by atoms with E-state index in [9.17, 15) is 19.5 Å². The van der Waals surface area contributed by atoms with Crippen LogP contribution in [0, 0.1) is 0 Å². The topological polar surface area (TPSA) is 117 Å². The third-order valence-corrected chi connectivity index (χ3v) is 3.88. The Kier molecular flexibility index (Phi) is 6.62. The van der Waals surface area contributed by atoms with Gasteiger partial charge in [0, 0.05) is 12.5 Å². The number of hydrogen-bond acceptors (Lipinski definition) is 6. The molecule has 8 nitrogen and oxygen atoms in total. The van der Waals surface area contributed by atoms with Crippen LogP contribution in [-0.4, -0.2) is 33.4 Å². The molecule has 0 spiro atoms. The highest BCUT2D eigenvalue weighted by atomic mass is 16.4. The molecule has 1 N–H and O–H groups in total. The zero-order valence-corrected chi connectivity index (χ0v) is 14.1. The van der Waals surface area contributed by atoms with Crippen LogP contribution in [0.3, 0.4) is 0 Å². The molecule has 25 heavy (non-hydrogen) atoms. The summed E-state index contributed by atoms with van der Waals surface area (Å²) in [5.74, 6) is -1.52. The molecular weight excluding hydrogens is 324 g/mol. The molecule has 1 heterocycles. The van der Waals surface area contributed by atoms with E-state index in [1.807, 2.05) is 6.92 Å². The van der Waals surface area contributed by atoms with Gasteiger partial charge in [0.25, 0.3) is 5.56 Å². The van der Waals surface area contributed by atoms with Crippen LogP contribution < -0.4 is 16.0 Å². The van der Waals surface area contributed by atoms with Crippen molar-refractivity contribution in [2.75, 3.05) is 6.54 Å². The van der Waals surface area contributed by atoms with Crippen LogP contribution in [-0.2, 0) is 9.59 Å². The van der Waals surface area contributed by atoms with Crippen LogP contribution in [0.15, 0.2) is 29.1 Å². The van der Waals surface area contributed by atoms with Gasteiger partial charge in [-0.2, -0.15) is 4.68 Å². The average molecular weight is 345 g/mol. The predicted octanol–water partition coefficient (Wildman–Crippen LogP) is 0.169. The second-order valence-electron chi connectivity index (χ2n) is 5.78. The molecule has 0 aliphatic carbocycles. The minimum atomic E-state index is -1.16. The van der Waals surface area contributed by atoms with Crippen LogP contribution in [0.25, 0.3) is 10.9 Å². The lowest BCUT2D eigenvalue weighted by Gasteiger charge is -2.18. The van der Waals surface area contributed by atoms with Crippen molar-refractivity contribution in [3.63, 3.8) is 0 Å². The molecule has 0 aliphatic rings. The SMILES string of the molecule is CCCC[C@@H](C(=O)NCCCC(=O)[O-])n1nnc2ccccc2c1=O. The van der Waals surface area contributed by atoms with Crippen molar-refractivity contribution in [3.8, 4) is 0 Å². The number of carbonyl (C=O) groups is 2. The van der Waals surface area contributed by atoms with E-state index >= 15 is 0 Å². The van der Waals surface area contributed by atoms with E-state index in [1.165, 1.54) is 0 Å². The maximum absolute atomic E-state index is 12.7. The first-order valence-corrected chi connectivity index (χ1v) is 8.36. The smallest absolute Gasteiger partial charge is 0.278 e. The van der Waals surface area contributed by atoms with Crippen LogP contribution in [0.2, 0.25) is 0 Å². The van der Waals surface area contributed by atoms with Gasteiger partial charge in [0.2, 0.25) is 5.91 Å². The van der Waals surface area contributed by atoms with E-state index in [4.69, 9.17) is 0 Å². The highest BCUT2D eigenvalue weighted by molar-refractivity contribution is 5.81. The summed E-state index contributed by atoms with van der Waals surface area (Å²) in [6.45, 7) is 2.19. The summed E-state index contributed by atoms with van der Waals surface area (Å²) >= 11 is 0. The number of rotatable bonds is 9. The van der Waals surface area contributed by atoms with Gasteiger partial charge in [-0.25, -0.2) is 0 Å². The number of carboxylic acids is 1. The Morgan fingerprint density at radius 3 is 2.76 bits per heavy atom. The van der Waals surface area contributed by atoms with Gasteiger partial charge in [-0.15, -0.1) is 5.10 Å². The van der Waals surface area contributed by atoms with Crippen molar-refractivity contribution in [1.82, 2.24) is 20.3 Å². The predicted molar refractivity (Wildman–Crippen MR) is 89.6 cm³/mol. The van der Waals surface area contributed by atoms with Crippen molar-refractivity contribution in [1.29, 1.82) is 0 Å². The fourth-order valence-electron chi connectivity index (χ4n) is 2.53. The third-order valence-electron chi connectivity index (χ3n) is 3.88. The number of nitrogens with one attached hydrogen (secondary N) is 1. The number of hydrogen-bond donors (Lipinski definition) is 1. The number of aliphatic carboxylic acids is 1. The summed E-state index contributed by atoms with van der Waals surface area (Å²) in [4.78, 5) is 35.6. The standard InChI is InChI=1S/C17H22N4O4/c1-2-3-9-14(16(24)18-11-6-10-15(22)23)21-17(25)12-7-4-5-8-13(12)19-20-21/h4-5,7-8,14H,2-3,6,9-11H2,1H3,(H,18,24)(H,22,23)/p-1/t14-/m0/s1. The van der Waals surface area contributed by atoms with E-state index in [1.54, 1.807) is 24.3 Å². The van der Waals surface area contributed by atoms with E-state index in [-0.39, 0.29) is 30.9 Å². The summed E-state index contributed by atoms with van der Waals surface area (Å²) < 4.78 is 1.12. The van der Waals surface area contributed by atoms with E-state index in [0.717, 1.165) is 17.5 Å². The molecule has 1 atom stereocenters. The van der Waals surface area contributed by atoms with Gasteiger partial charge in [-0.05, 0) is 31.4 Å². The molecule has 0 saturated carbocycles. The first-order chi connectivity index (χ1) is 12.0. The van der Waals surface area contributed by atoms with Gasteiger partial charge >= 0.3 is 0 Å². The van der Waals surface area contributed by atoms with Gasteiger partial charge in [0.15, 0.2) is 0 Å². The summed E-state index contributed by atoms with van der Waals surface area (Å²) in [6, 6.07) is 6.07. The first kappa shape index (κ1) is 18.6. The third kappa shape index (κ3) is 4.85. The summed E-state index contributed by atoms with van der Waals surface area (Å²) in [5, 5.41) is 21.4. The lowest BCUT2D eigenvalue weighted by Crippen LogP contribution is -2.39. The number of unbranched alkanes of at least 4 members (excludes halogenated alkanes) is 1. The van der Waals surface area contributed by atoms with Gasteiger partial charge in [-0.3, -0.25) is 9.59 Å². The van der Waals surface area contributed by atoms with Gasteiger partial charge in [0.05, 0.1) is 5.39 Å². The van der Waals surface area contributed by atoms with Crippen LogP contribution in [0.5, 0.6) is 0 Å². The highest BCUT2D eigenvalue weighted by Gasteiger charge is 2.23. The highest BCUT2D eigenvalue weighted by Crippen LogP contribution is 2.14. The molecule has 8 heteroatoms. The van der Waals surface area contributed by atoms with E-state index < -0.39 is 12.0 Å². The molecule has 0 radical (unpaired) electrons. The molecule has 0 saturated heterocycles. The molecule has 0 aliphatic heterocycles. The fourth-order valence-corrected chi connectivity index (χ4v) is 2.53. The molecule has 1 amide bonds. The lowest BCUT2D eigenvalue weighted by molar-refractivity contribution is -0.305. The molecule has 2 rings (SSSR count). The van der Waals surface area contributed by atoms with Crippen molar-refractivity contribution in [2.45, 2.75) is 45.1 Å². The number of fused-ring (bicyclic) bond motifs is 1.